The Kier molecular flexibility index (Phi) is 6.12. The lowest BCUT2D eigenvalue weighted by Crippen LogP contribution is -2.50. The summed E-state index contributed by atoms with van der Waals surface area (Å²) in [6, 6.07) is 5.46. The molecule has 7 nitrogen and oxygen atoms in total. The number of hydrogen-bond donors (Lipinski definition) is 2. The second kappa shape index (κ2) is 8.51. The topological polar surface area (TPSA) is 86.0 Å². The van der Waals surface area contributed by atoms with Gasteiger partial charge < -0.3 is 25.3 Å². The summed E-state index contributed by atoms with van der Waals surface area (Å²) in [5.74, 6) is 0.992. The van der Waals surface area contributed by atoms with Gasteiger partial charge in [-0.3, -0.25) is 9.69 Å². The second-order valence-electron chi connectivity index (χ2n) is 6.43. The van der Waals surface area contributed by atoms with Crippen molar-refractivity contribution in [2.45, 2.75) is 24.9 Å². The largest absolute Gasteiger partial charge is 0.493 e. The van der Waals surface area contributed by atoms with Crippen LogP contribution in [0.25, 0.3) is 0 Å². The first kappa shape index (κ1) is 18.0. The summed E-state index contributed by atoms with van der Waals surface area (Å²) in [7, 11) is 1.56. The Morgan fingerprint density at radius 2 is 2.12 bits per heavy atom. The van der Waals surface area contributed by atoms with Crippen LogP contribution in [-0.2, 0) is 4.74 Å². The molecule has 1 aromatic rings. The van der Waals surface area contributed by atoms with E-state index in [4.69, 9.17) is 19.9 Å². The van der Waals surface area contributed by atoms with Crippen LogP contribution in [0.4, 0.5) is 0 Å². The fraction of sp³-hybridized carbons (Fsp3) is 0.611. The predicted molar refractivity (Wildman–Crippen MR) is 94.2 cm³/mol. The van der Waals surface area contributed by atoms with Crippen LogP contribution in [0.2, 0.25) is 0 Å². The van der Waals surface area contributed by atoms with Gasteiger partial charge in [0.25, 0.3) is 5.91 Å². The lowest BCUT2D eigenvalue weighted by atomic mass is 10.1. The molecule has 0 aromatic heterocycles. The monoisotopic (exact) mass is 349 g/mol. The van der Waals surface area contributed by atoms with E-state index in [0.717, 1.165) is 13.1 Å². The number of nitrogens with two attached hydrogens (primary N) is 1. The number of amides is 1. The molecule has 2 atom stereocenters. The molecule has 3 N–H and O–H groups in total. The van der Waals surface area contributed by atoms with Gasteiger partial charge >= 0.3 is 0 Å². The number of nitrogens with one attached hydrogen (secondary N) is 1. The van der Waals surface area contributed by atoms with Gasteiger partial charge in [-0.05, 0) is 44.1 Å². The Hall–Kier alpha value is -1.83. The van der Waals surface area contributed by atoms with Gasteiger partial charge in [0.05, 0.1) is 32.4 Å². The van der Waals surface area contributed by atoms with Crippen molar-refractivity contribution in [3.8, 4) is 11.5 Å². The Labute approximate surface area is 148 Å². The Bertz CT molecular complexity index is 590. The zero-order valence-electron chi connectivity index (χ0n) is 14.7. The summed E-state index contributed by atoms with van der Waals surface area (Å²) in [5, 5.41) is 3.11. The summed E-state index contributed by atoms with van der Waals surface area (Å²) in [4.78, 5) is 15.1. The van der Waals surface area contributed by atoms with E-state index in [1.54, 1.807) is 25.3 Å². The molecule has 0 radical (unpaired) electrons. The van der Waals surface area contributed by atoms with E-state index in [9.17, 15) is 4.79 Å². The number of likely N-dealkylation sites (tertiary alicyclic amines) is 1. The quantitative estimate of drug-likeness (QED) is 0.751. The molecule has 1 amide bonds. The highest BCUT2D eigenvalue weighted by molar-refractivity contribution is 5.95. The highest BCUT2D eigenvalue weighted by atomic mass is 16.5. The third-order valence-corrected chi connectivity index (χ3v) is 4.78. The van der Waals surface area contributed by atoms with Gasteiger partial charge in [0, 0.05) is 12.1 Å². The van der Waals surface area contributed by atoms with Gasteiger partial charge in [-0.25, -0.2) is 0 Å². The maximum absolute atomic E-state index is 12.7. The molecule has 0 bridgehead atoms. The normalized spacial score (nSPS) is 23.6. The van der Waals surface area contributed by atoms with Gasteiger partial charge in [0.1, 0.15) is 6.61 Å². The van der Waals surface area contributed by atoms with Gasteiger partial charge in [0.2, 0.25) is 0 Å². The molecule has 138 valence electrons. The van der Waals surface area contributed by atoms with Gasteiger partial charge in [0.15, 0.2) is 11.5 Å². The number of methoxy groups -OCH3 is 1. The molecule has 2 aliphatic heterocycles. The third-order valence-electron chi connectivity index (χ3n) is 4.78. The van der Waals surface area contributed by atoms with Crippen LogP contribution in [0.15, 0.2) is 18.2 Å². The van der Waals surface area contributed by atoms with E-state index < -0.39 is 0 Å². The summed E-state index contributed by atoms with van der Waals surface area (Å²) in [6.45, 7) is 4.23. The molecule has 2 unspecified atom stereocenters. The minimum Gasteiger partial charge on any atom is -0.493 e. The smallest absolute Gasteiger partial charge is 0.251 e. The standard InChI is InChI=1S/C18H27N3O4/c1-23-17-10-13(4-5-16(17)25-9-6-19)18(22)20-14-11-24-12-15(14)21-7-2-3-8-21/h4-5,10,14-15H,2-3,6-9,11-12,19H2,1H3,(H,20,22). The van der Waals surface area contributed by atoms with E-state index in [1.807, 2.05) is 0 Å². The van der Waals surface area contributed by atoms with E-state index in [-0.39, 0.29) is 18.0 Å². The molecule has 2 heterocycles. The van der Waals surface area contributed by atoms with Crippen LogP contribution in [0, 0.1) is 0 Å². The number of carbonyl (C=O) groups is 1. The minimum atomic E-state index is -0.122. The Balaban J connectivity index is 1.66. The molecule has 3 rings (SSSR count). The molecule has 1 aromatic carbocycles. The van der Waals surface area contributed by atoms with Gasteiger partial charge in [-0.15, -0.1) is 0 Å². The molecule has 7 heteroatoms. The summed E-state index contributed by atoms with van der Waals surface area (Å²) in [6.07, 6.45) is 2.44. The average molecular weight is 349 g/mol. The van der Waals surface area contributed by atoms with Crippen molar-refractivity contribution in [1.82, 2.24) is 10.2 Å². The van der Waals surface area contributed by atoms with Crippen LogP contribution >= 0.6 is 0 Å². The van der Waals surface area contributed by atoms with Crippen molar-refractivity contribution >= 4 is 5.91 Å². The molecule has 0 aliphatic carbocycles. The third kappa shape index (κ3) is 4.23. The number of nitrogens with zero attached hydrogens (tertiary/aromatic N) is 1. The fourth-order valence-electron chi connectivity index (χ4n) is 3.46. The average Bonchev–Trinajstić information content (AvgIpc) is 3.31. The van der Waals surface area contributed by atoms with Crippen molar-refractivity contribution in [3.63, 3.8) is 0 Å². The van der Waals surface area contributed by atoms with Crippen LogP contribution in [0.5, 0.6) is 11.5 Å². The number of benzene rings is 1. The minimum absolute atomic E-state index is 0.0183. The van der Waals surface area contributed by atoms with Crippen molar-refractivity contribution in [2.75, 3.05) is 46.6 Å². The molecule has 0 saturated carbocycles. The highest BCUT2D eigenvalue weighted by Gasteiger charge is 2.35. The first-order valence-corrected chi connectivity index (χ1v) is 8.86. The molecular formula is C18H27N3O4. The number of rotatable bonds is 7. The second-order valence-corrected chi connectivity index (χ2v) is 6.43. The van der Waals surface area contributed by atoms with Crippen molar-refractivity contribution < 1.29 is 19.0 Å². The zero-order valence-corrected chi connectivity index (χ0v) is 14.7. The zero-order chi connectivity index (χ0) is 17.6. The van der Waals surface area contributed by atoms with E-state index >= 15 is 0 Å². The SMILES string of the molecule is COc1cc(C(=O)NC2COCC2N2CCCC2)ccc1OCCN. The Morgan fingerprint density at radius 3 is 2.84 bits per heavy atom. The molecule has 2 fully saturated rings. The molecule has 0 spiro atoms. The van der Waals surface area contributed by atoms with Gasteiger partial charge in [-0.2, -0.15) is 0 Å². The first-order chi connectivity index (χ1) is 12.2. The van der Waals surface area contributed by atoms with Crippen molar-refractivity contribution in [1.29, 1.82) is 0 Å². The van der Waals surface area contributed by atoms with E-state index in [2.05, 4.69) is 10.2 Å². The maximum atomic E-state index is 12.7. The first-order valence-electron chi connectivity index (χ1n) is 8.86. The lowest BCUT2D eigenvalue weighted by molar-refractivity contribution is 0.0916. The summed E-state index contributed by atoms with van der Waals surface area (Å²) < 4.78 is 16.5. The number of hydrogen-bond acceptors (Lipinski definition) is 6. The van der Waals surface area contributed by atoms with E-state index in [1.165, 1.54) is 12.8 Å². The van der Waals surface area contributed by atoms with E-state index in [0.29, 0.717) is 43.4 Å². The number of ether oxygens (including phenoxy) is 3. The molecule has 2 aliphatic rings. The van der Waals surface area contributed by atoms with Crippen molar-refractivity contribution in [3.05, 3.63) is 23.8 Å². The summed E-state index contributed by atoms with van der Waals surface area (Å²) in [5.41, 5.74) is 6.00. The number of carbonyl (C=O) groups excluding carboxylic acids is 1. The molecular weight excluding hydrogens is 322 g/mol. The lowest BCUT2D eigenvalue weighted by Gasteiger charge is -2.28. The molecule has 2 saturated heterocycles. The predicted octanol–water partition coefficient (Wildman–Crippen LogP) is 0.626. The van der Waals surface area contributed by atoms with Crippen molar-refractivity contribution in [2.24, 2.45) is 5.73 Å². The molecule has 25 heavy (non-hydrogen) atoms. The Morgan fingerprint density at radius 1 is 1.32 bits per heavy atom. The fourth-order valence-corrected chi connectivity index (χ4v) is 3.46. The van der Waals surface area contributed by atoms with Crippen LogP contribution in [0.3, 0.4) is 0 Å². The van der Waals surface area contributed by atoms with Crippen LogP contribution in [-0.4, -0.2) is 69.5 Å². The summed E-state index contributed by atoms with van der Waals surface area (Å²) >= 11 is 0. The van der Waals surface area contributed by atoms with Crippen LogP contribution in [0.1, 0.15) is 23.2 Å². The van der Waals surface area contributed by atoms with Gasteiger partial charge in [-0.1, -0.05) is 0 Å². The van der Waals surface area contributed by atoms with Crippen LogP contribution < -0.4 is 20.5 Å². The maximum Gasteiger partial charge on any atom is 0.251 e. The highest BCUT2D eigenvalue weighted by Crippen LogP contribution is 2.28.